The molecule has 0 amide bonds. The first-order valence-electron chi connectivity index (χ1n) is 7.77. The summed E-state index contributed by atoms with van der Waals surface area (Å²) >= 11 is 1.48. The fraction of sp³-hybridized carbons (Fsp3) is 0.222. The van der Waals surface area contributed by atoms with Crippen molar-refractivity contribution >= 4 is 16.5 Å². The first kappa shape index (κ1) is 15.2. The Morgan fingerprint density at radius 3 is 2.79 bits per heavy atom. The summed E-state index contributed by atoms with van der Waals surface area (Å²) in [4.78, 5) is 2.14. The Hall–Kier alpha value is -2.34. The summed E-state index contributed by atoms with van der Waals surface area (Å²) in [6, 6.07) is 11.7. The highest BCUT2D eigenvalue weighted by molar-refractivity contribution is 7.15. The molecule has 0 saturated carbocycles. The zero-order chi connectivity index (χ0) is 16.5. The van der Waals surface area contributed by atoms with Crippen LogP contribution < -0.4 is 4.90 Å². The molecule has 0 saturated heterocycles. The molecule has 1 aliphatic rings. The van der Waals surface area contributed by atoms with Gasteiger partial charge in [0.1, 0.15) is 16.6 Å². The Labute approximate surface area is 142 Å². The van der Waals surface area contributed by atoms with Crippen LogP contribution in [-0.4, -0.2) is 16.7 Å². The van der Waals surface area contributed by atoms with Crippen molar-refractivity contribution in [2.75, 3.05) is 11.4 Å². The summed E-state index contributed by atoms with van der Waals surface area (Å²) in [5.41, 5.74) is 2.80. The van der Waals surface area contributed by atoms with E-state index in [1.54, 1.807) is 18.2 Å². The molecule has 24 heavy (non-hydrogen) atoms. The normalized spacial score (nSPS) is 13.8. The van der Waals surface area contributed by atoms with Gasteiger partial charge in [-0.05, 0) is 41.3 Å². The van der Waals surface area contributed by atoms with Crippen LogP contribution in [0.3, 0.4) is 0 Å². The summed E-state index contributed by atoms with van der Waals surface area (Å²) < 4.78 is 27.0. The number of hydrogen-bond acceptors (Lipinski definition) is 4. The van der Waals surface area contributed by atoms with Crippen LogP contribution >= 0.6 is 11.3 Å². The summed E-state index contributed by atoms with van der Waals surface area (Å²) in [5.74, 6) is -0.409. The second-order valence-corrected chi connectivity index (χ2v) is 6.87. The van der Waals surface area contributed by atoms with Gasteiger partial charge in [-0.15, -0.1) is 10.2 Å². The lowest BCUT2D eigenvalue weighted by Gasteiger charge is -2.28. The van der Waals surface area contributed by atoms with Crippen LogP contribution in [0, 0.1) is 11.6 Å². The molecule has 2 aromatic carbocycles. The minimum atomic E-state index is -0.219. The van der Waals surface area contributed by atoms with Gasteiger partial charge in [-0.2, -0.15) is 0 Å². The van der Waals surface area contributed by atoms with Crippen LogP contribution in [0.1, 0.15) is 21.7 Å². The maximum atomic E-state index is 13.8. The van der Waals surface area contributed by atoms with Crippen molar-refractivity contribution in [3.8, 4) is 0 Å². The zero-order valence-electron chi connectivity index (χ0n) is 12.9. The molecule has 1 aliphatic heterocycles. The number of rotatable bonds is 3. The minimum absolute atomic E-state index is 0.190. The van der Waals surface area contributed by atoms with Gasteiger partial charge in [0.05, 0.1) is 0 Å². The highest BCUT2D eigenvalue weighted by Gasteiger charge is 2.20. The van der Waals surface area contributed by atoms with Crippen molar-refractivity contribution in [2.24, 2.45) is 0 Å². The van der Waals surface area contributed by atoms with E-state index in [1.165, 1.54) is 23.5 Å². The van der Waals surface area contributed by atoms with E-state index in [2.05, 4.69) is 15.1 Å². The van der Waals surface area contributed by atoms with Crippen LogP contribution in [0.15, 0.2) is 42.5 Å². The van der Waals surface area contributed by atoms with Gasteiger partial charge < -0.3 is 4.90 Å². The van der Waals surface area contributed by atoms with Gasteiger partial charge >= 0.3 is 0 Å². The van der Waals surface area contributed by atoms with Gasteiger partial charge in [0.15, 0.2) is 0 Å². The summed E-state index contributed by atoms with van der Waals surface area (Å²) in [6.07, 6.45) is 1.23. The first-order valence-corrected chi connectivity index (χ1v) is 8.59. The fourth-order valence-corrected chi connectivity index (χ4v) is 3.82. The van der Waals surface area contributed by atoms with Gasteiger partial charge in [-0.1, -0.05) is 35.6 Å². The average Bonchev–Trinajstić information content (AvgIpc) is 3.05. The number of benzene rings is 2. The minimum Gasteiger partial charge on any atom is -0.342 e. The van der Waals surface area contributed by atoms with E-state index in [4.69, 9.17) is 0 Å². The van der Waals surface area contributed by atoms with E-state index in [0.29, 0.717) is 18.5 Å². The van der Waals surface area contributed by atoms with Crippen LogP contribution in [0.4, 0.5) is 13.9 Å². The molecule has 0 aliphatic carbocycles. The predicted molar refractivity (Wildman–Crippen MR) is 90.3 cm³/mol. The van der Waals surface area contributed by atoms with Gasteiger partial charge in [0.25, 0.3) is 0 Å². The number of fused-ring (bicyclic) bond motifs is 1. The lowest BCUT2D eigenvalue weighted by atomic mass is 10.0. The first-order chi connectivity index (χ1) is 11.7. The van der Waals surface area contributed by atoms with Crippen molar-refractivity contribution < 1.29 is 8.78 Å². The van der Waals surface area contributed by atoms with Crippen LogP contribution in [0.25, 0.3) is 0 Å². The van der Waals surface area contributed by atoms with Gasteiger partial charge in [0, 0.05) is 19.5 Å². The third-order valence-corrected chi connectivity index (χ3v) is 5.19. The monoisotopic (exact) mass is 343 g/mol. The maximum Gasteiger partial charge on any atom is 0.208 e. The summed E-state index contributed by atoms with van der Waals surface area (Å²) in [6.45, 7) is 1.48. The lowest BCUT2D eigenvalue weighted by molar-refractivity contribution is 0.613. The highest BCUT2D eigenvalue weighted by Crippen LogP contribution is 2.28. The molecule has 3 aromatic rings. The van der Waals surface area contributed by atoms with Crippen molar-refractivity contribution in [3.63, 3.8) is 0 Å². The Morgan fingerprint density at radius 2 is 1.92 bits per heavy atom. The standard InChI is InChI=1S/C18H15F2N3S/c19-15-6-5-14-11-23(8-7-12(14)9-15)18-22-21-17(24-18)10-13-3-1-2-4-16(13)20/h1-6,9H,7-8,10-11H2. The Balaban J connectivity index is 1.51. The van der Waals surface area contributed by atoms with Gasteiger partial charge in [-0.3, -0.25) is 0 Å². The quantitative estimate of drug-likeness (QED) is 0.720. The number of aromatic nitrogens is 2. The van der Waals surface area contributed by atoms with Crippen molar-refractivity contribution in [2.45, 2.75) is 19.4 Å². The van der Waals surface area contributed by atoms with E-state index < -0.39 is 0 Å². The van der Waals surface area contributed by atoms with E-state index in [1.807, 2.05) is 12.1 Å². The molecule has 6 heteroatoms. The molecule has 122 valence electrons. The molecule has 0 atom stereocenters. The molecule has 0 spiro atoms. The number of halogens is 2. The third-order valence-electron chi connectivity index (χ3n) is 4.21. The third kappa shape index (κ3) is 3.01. The van der Waals surface area contributed by atoms with Crippen molar-refractivity contribution in [1.82, 2.24) is 10.2 Å². The smallest absolute Gasteiger partial charge is 0.208 e. The Kier molecular flexibility index (Phi) is 3.98. The van der Waals surface area contributed by atoms with Gasteiger partial charge in [-0.25, -0.2) is 8.78 Å². The average molecular weight is 343 g/mol. The molecular formula is C18H15F2N3S. The predicted octanol–water partition coefficient (Wildman–Crippen LogP) is 3.97. The zero-order valence-corrected chi connectivity index (χ0v) is 13.7. The Bertz CT molecular complexity index is 878. The molecule has 4 rings (SSSR count). The molecular weight excluding hydrogens is 328 g/mol. The number of hydrogen-bond donors (Lipinski definition) is 0. The summed E-state index contributed by atoms with van der Waals surface area (Å²) in [7, 11) is 0. The SMILES string of the molecule is Fc1ccc2c(c1)CCN(c1nnc(Cc3ccccc3F)s1)C2. The van der Waals surface area contributed by atoms with Gasteiger partial charge in [0.2, 0.25) is 5.13 Å². The van der Waals surface area contributed by atoms with Crippen LogP contribution in [0.2, 0.25) is 0 Å². The molecule has 2 heterocycles. The van der Waals surface area contributed by atoms with E-state index in [0.717, 1.165) is 34.2 Å². The molecule has 0 N–H and O–H groups in total. The Morgan fingerprint density at radius 1 is 1.04 bits per heavy atom. The van der Waals surface area contributed by atoms with Crippen molar-refractivity contribution in [3.05, 3.63) is 75.8 Å². The topological polar surface area (TPSA) is 29.0 Å². The fourth-order valence-electron chi connectivity index (χ4n) is 2.93. The molecule has 0 bridgehead atoms. The molecule has 0 unspecified atom stereocenters. The maximum absolute atomic E-state index is 13.8. The van der Waals surface area contributed by atoms with Crippen LogP contribution in [0.5, 0.6) is 0 Å². The molecule has 0 radical (unpaired) electrons. The molecule has 0 fully saturated rings. The second kappa shape index (κ2) is 6.28. The number of anilines is 1. The van der Waals surface area contributed by atoms with E-state index >= 15 is 0 Å². The summed E-state index contributed by atoms with van der Waals surface area (Å²) in [5, 5.41) is 10.1. The number of nitrogens with zero attached hydrogens (tertiary/aromatic N) is 3. The lowest BCUT2D eigenvalue weighted by Crippen LogP contribution is -2.30. The van der Waals surface area contributed by atoms with Crippen LogP contribution in [-0.2, 0) is 19.4 Å². The molecule has 1 aromatic heterocycles. The van der Waals surface area contributed by atoms with Crippen molar-refractivity contribution in [1.29, 1.82) is 0 Å². The van der Waals surface area contributed by atoms with E-state index in [9.17, 15) is 8.78 Å². The molecule has 3 nitrogen and oxygen atoms in total. The van der Waals surface area contributed by atoms with E-state index in [-0.39, 0.29) is 11.6 Å². The second-order valence-electron chi connectivity index (χ2n) is 5.83. The highest BCUT2D eigenvalue weighted by atomic mass is 32.1. The largest absolute Gasteiger partial charge is 0.342 e.